The quantitative estimate of drug-likeness (QED) is 0.205. The van der Waals surface area contributed by atoms with Gasteiger partial charge in [0.05, 0.1) is 32.0 Å². The Labute approximate surface area is 196 Å². The number of nitrogens with zero attached hydrogens (tertiary/aromatic N) is 1. The van der Waals surface area contributed by atoms with Crippen LogP contribution in [0.2, 0.25) is 0 Å². The van der Waals surface area contributed by atoms with Crippen molar-refractivity contribution in [2.45, 2.75) is 32.0 Å². The summed E-state index contributed by atoms with van der Waals surface area (Å²) in [5.74, 6) is 0.581. The minimum atomic E-state index is -0.695. The number of benzene rings is 2. The molecule has 3 unspecified atom stereocenters. The van der Waals surface area contributed by atoms with Crippen LogP contribution >= 0.6 is 24.0 Å². The van der Waals surface area contributed by atoms with Crippen molar-refractivity contribution in [1.29, 1.82) is 0 Å². The van der Waals surface area contributed by atoms with Crippen LogP contribution in [0.15, 0.2) is 65.7 Å². The largest absolute Gasteiger partial charge is 0.396 e. The van der Waals surface area contributed by atoms with E-state index in [9.17, 15) is 10.2 Å². The monoisotopic (exact) mass is 527 g/mol. The highest BCUT2D eigenvalue weighted by Gasteiger charge is 2.12. The van der Waals surface area contributed by atoms with Gasteiger partial charge in [-0.1, -0.05) is 60.7 Å². The van der Waals surface area contributed by atoms with E-state index in [0.717, 1.165) is 11.1 Å². The van der Waals surface area contributed by atoms with Gasteiger partial charge in [0.2, 0.25) is 0 Å². The fraction of sp³-hybridized carbons (Fsp3) is 0.435. The van der Waals surface area contributed by atoms with Crippen LogP contribution in [0.4, 0.5) is 0 Å². The normalized spacial score (nSPS) is 14.3. The van der Waals surface area contributed by atoms with Gasteiger partial charge in [-0.05, 0) is 25.0 Å². The lowest BCUT2D eigenvalue weighted by atomic mass is 10.0. The van der Waals surface area contributed by atoms with E-state index in [2.05, 4.69) is 15.6 Å². The van der Waals surface area contributed by atoms with Gasteiger partial charge in [0, 0.05) is 19.0 Å². The van der Waals surface area contributed by atoms with E-state index in [0.29, 0.717) is 19.0 Å². The maximum Gasteiger partial charge on any atom is 0.191 e. The highest BCUT2D eigenvalue weighted by Crippen LogP contribution is 2.16. The number of hydrogen-bond acceptors (Lipinski definition) is 4. The Morgan fingerprint density at radius 3 is 2.17 bits per heavy atom. The molecule has 0 aliphatic carbocycles. The molecule has 4 N–H and O–H groups in total. The molecule has 0 aliphatic rings. The zero-order chi connectivity index (χ0) is 20.9. The van der Waals surface area contributed by atoms with E-state index < -0.39 is 6.10 Å². The van der Waals surface area contributed by atoms with Gasteiger partial charge in [-0.15, -0.1) is 24.0 Å². The molecule has 166 valence electrons. The van der Waals surface area contributed by atoms with Crippen LogP contribution in [0.1, 0.15) is 37.0 Å². The van der Waals surface area contributed by atoms with Crippen molar-refractivity contribution in [3.63, 3.8) is 0 Å². The fourth-order valence-corrected chi connectivity index (χ4v) is 2.90. The molecular weight excluding hydrogens is 493 g/mol. The van der Waals surface area contributed by atoms with E-state index in [1.54, 1.807) is 0 Å². The number of rotatable bonds is 11. The number of guanidine groups is 1. The summed E-state index contributed by atoms with van der Waals surface area (Å²) in [7, 11) is 0. The fourth-order valence-electron chi connectivity index (χ4n) is 2.90. The van der Waals surface area contributed by atoms with Crippen molar-refractivity contribution >= 4 is 29.9 Å². The molecule has 2 aromatic carbocycles. The predicted octanol–water partition coefficient (Wildman–Crippen LogP) is 3.07. The first-order valence-electron chi connectivity index (χ1n) is 10.2. The molecule has 2 rings (SSSR count). The summed E-state index contributed by atoms with van der Waals surface area (Å²) in [6, 6.07) is 19.8. The van der Waals surface area contributed by atoms with Gasteiger partial charge in [0.15, 0.2) is 5.96 Å². The van der Waals surface area contributed by atoms with Gasteiger partial charge in [-0.25, -0.2) is 0 Å². The summed E-state index contributed by atoms with van der Waals surface area (Å²) in [6.45, 7) is 5.69. The van der Waals surface area contributed by atoms with E-state index in [4.69, 9.17) is 4.74 Å². The Morgan fingerprint density at radius 2 is 1.60 bits per heavy atom. The standard InChI is InChI=1S/C23H33N3O3.HI/c1-3-24-23(25-14-21(16-27)20-12-8-5-9-13-20)26-15-22(28)17-29-18(2)19-10-6-4-7-11-19;/h4-13,18,21-22,27-28H,3,14-17H2,1-2H3,(H2,24,25,26);1H. The summed E-state index contributed by atoms with van der Waals surface area (Å²) in [4.78, 5) is 4.45. The molecule has 0 saturated heterocycles. The zero-order valence-electron chi connectivity index (χ0n) is 17.7. The number of ether oxygens (including phenoxy) is 1. The van der Waals surface area contributed by atoms with Crippen LogP contribution in [0, 0.1) is 0 Å². The smallest absolute Gasteiger partial charge is 0.191 e. The average Bonchev–Trinajstić information content (AvgIpc) is 2.77. The predicted molar refractivity (Wildman–Crippen MR) is 132 cm³/mol. The third kappa shape index (κ3) is 9.42. The molecule has 6 nitrogen and oxygen atoms in total. The Bertz CT molecular complexity index is 716. The maximum atomic E-state index is 10.2. The second kappa shape index (κ2) is 15.2. The zero-order valence-corrected chi connectivity index (χ0v) is 20.0. The van der Waals surface area contributed by atoms with Crippen LogP contribution in [0.5, 0.6) is 0 Å². The number of hydrogen-bond donors (Lipinski definition) is 4. The van der Waals surface area contributed by atoms with Crippen LogP contribution in [0.25, 0.3) is 0 Å². The van der Waals surface area contributed by atoms with Crippen molar-refractivity contribution in [1.82, 2.24) is 10.6 Å². The molecule has 0 radical (unpaired) electrons. The van der Waals surface area contributed by atoms with Crippen molar-refractivity contribution in [3.05, 3.63) is 71.8 Å². The van der Waals surface area contributed by atoms with Crippen LogP contribution in [-0.4, -0.2) is 55.1 Å². The van der Waals surface area contributed by atoms with Crippen molar-refractivity contribution in [2.24, 2.45) is 4.99 Å². The van der Waals surface area contributed by atoms with Gasteiger partial charge in [-0.2, -0.15) is 0 Å². The molecule has 0 bridgehead atoms. The first kappa shape index (κ1) is 26.4. The topological polar surface area (TPSA) is 86.1 Å². The Balaban J connectivity index is 0.00000450. The van der Waals surface area contributed by atoms with Gasteiger partial charge in [0.1, 0.15) is 0 Å². The molecule has 0 aromatic heterocycles. The Hall–Kier alpha value is -1.68. The maximum absolute atomic E-state index is 10.2. The van der Waals surface area contributed by atoms with Gasteiger partial charge < -0.3 is 25.6 Å². The van der Waals surface area contributed by atoms with E-state index in [-0.39, 0.29) is 55.8 Å². The molecule has 7 heteroatoms. The van der Waals surface area contributed by atoms with Gasteiger partial charge in [0.25, 0.3) is 0 Å². The van der Waals surface area contributed by atoms with Crippen LogP contribution < -0.4 is 10.6 Å². The third-order valence-electron chi connectivity index (χ3n) is 4.62. The summed E-state index contributed by atoms with van der Waals surface area (Å²) in [5.41, 5.74) is 2.15. The lowest BCUT2D eigenvalue weighted by molar-refractivity contribution is 0.00111. The summed E-state index contributed by atoms with van der Waals surface area (Å²) in [5, 5.41) is 26.3. The number of halogens is 1. The van der Waals surface area contributed by atoms with Crippen LogP contribution in [-0.2, 0) is 4.74 Å². The molecule has 30 heavy (non-hydrogen) atoms. The minimum Gasteiger partial charge on any atom is -0.396 e. The second-order valence-electron chi connectivity index (χ2n) is 6.93. The Morgan fingerprint density at radius 1 is 1.00 bits per heavy atom. The van der Waals surface area contributed by atoms with Gasteiger partial charge >= 0.3 is 0 Å². The molecule has 0 fully saturated rings. The lowest BCUT2D eigenvalue weighted by Gasteiger charge is -2.19. The molecule has 0 aliphatic heterocycles. The molecule has 0 amide bonds. The molecule has 2 aromatic rings. The highest BCUT2D eigenvalue weighted by molar-refractivity contribution is 14.0. The first-order chi connectivity index (χ1) is 14.1. The Kier molecular flexibility index (Phi) is 13.3. The minimum absolute atomic E-state index is 0. The number of aliphatic hydroxyl groups is 2. The molecular formula is C23H34IN3O3. The number of aliphatic imine (C=N–C) groups is 1. The van der Waals surface area contributed by atoms with Gasteiger partial charge in [-0.3, -0.25) is 4.99 Å². The van der Waals surface area contributed by atoms with E-state index in [1.807, 2.05) is 74.5 Å². The summed E-state index contributed by atoms with van der Waals surface area (Å²) >= 11 is 0. The average molecular weight is 527 g/mol. The van der Waals surface area contributed by atoms with Crippen molar-refractivity contribution in [3.8, 4) is 0 Å². The summed E-state index contributed by atoms with van der Waals surface area (Å²) < 4.78 is 5.76. The lowest BCUT2D eigenvalue weighted by Crippen LogP contribution is -2.40. The van der Waals surface area contributed by atoms with Crippen molar-refractivity contribution < 1.29 is 14.9 Å². The first-order valence-corrected chi connectivity index (χ1v) is 10.2. The SMILES string of the molecule is CCNC(=NCC(O)COC(C)c1ccccc1)NCC(CO)c1ccccc1.I. The van der Waals surface area contributed by atoms with Crippen LogP contribution in [0.3, 0.4) is 0 Å². The molecule has 0 heterocycles. The summed E-state index contributed by atoms with van der Waals surface area (Å²) in [6.07, 6.45) is -0.781. The molecule has 0 spiro atoms. The number of aliphatic hydroxyl groups excluding tert-OH is 2. The molecule has 0 saturated carbocycles. The van der Waals surface area contributed by atoms with E-state index in [1.165, 1.54) is 0 Å². The second-order valence-corrected chi connectivity index (χ2v) is 6.93. The van der Waals surface area contributed by atoms with E-state index >= 15 is 0 Å². The third-order valence-corrected chi connectivity index (χ3v) is 4.62. The molecule has 3 atom stereocenters. The number of nitrogens with one attached hydrogen (secondary N) is 2. The highest BCUT2D eigenvalue weighted by atomic mass is 127. The van der Waals surface area contributed by atoms with Crippen molar-refractivity contribution in [2.75, 3.05) is 32.8 Å².